The molecule has 0 aromatic carbocycles. The highest BCUT2D eigenvalue weighted by Gasteiger charge is 2.54. The van der Waals surface area contributed by atoms with Gasteiger partial charge in [-0.1, -0.05) is 0 Å². The van der Waals surface area contributed by atoms with E-state index in [-0.39, 0.29) is 18.5 Å². The molecule has 3 rings (SSSR count). The van der Waals surface area contributed by atoms with Crippen molar-refractivity contribution in [1.82, 2.24) is 0 Å². The van der Waals surface area contributed by atoms with Gasteiger partial charge in [-0.05, 0) is 18.8 Å². The average Bonchev–Trinajstić information content (AvgIpc) is 2.60. The molecule has 2 saturated heterocycles. The van der Waals surface area contributed by atoms with Gasteiger partial charge < -0.3 is 19.3 Å². The lowest BCUT2D eigenvalue weighted by Gasteiger charge is -2.29. The van der Waals surface area contributed by atoms with Crippen molar-refractivity contribution in [2.24, 2.45) is 11.8 Å². The van der Waals surface area contributed by atoms with E-state index in [2.05, 4.69) is 0 Å². The summed E-state index contributed by atoms with van der Waals surface area (Å²) in [5, 5.41) is 8.55. The molecule has 3 aliphatic rings. The predicted octanol–water partition coefficient (Wildman–Crippen LogP) is 0.831. The van der Waals surface area contributed by atoms with Gasteiger partial charge in [-0.15, -0.1) is 0 Å². The van der Waals surface area contributed by atoms with Crippen LogP contribution in [0.1, 0.15) is 12.8 Å². The Bertz CT molecular complexity index is 264. The lowest BCUT2D eigenvalue weighted by molar-refractivity contribution is -0.149. The zero-order valence-electron chi connectivity index (χ0n) is 7.59. The second-order valence-electron chi connectivity index (χ2n) is 4.19. The quantitative estimate of drug-likeness (QED) is 0.635. The molecule has 1 saturated carbocycles. The SMILES string of the molecule is O=C(O)OC1C[C@@H]2CO[C@@H]3OC1C[C@H]23. The lowest BCUT2D eigenvalue weighted by atomic mass is 9.80. The van der Waals surface area contributed by atoms with Gasteiger partial charge >= 0.3 is 6.16 Å². The van der Waals surface area contributed by atoms with Crippen LogP contribution in [0.2, 0.25) is 0 Å². The summed E-state index contributed by atoms with van der Waals surface area (Å²) in [5.41, 5.74) is 0. The van der Waals surface area contributed by atoms with E-state index in [1.807, 2.05) is 0 Å². The third-order valence-electron chi connectivity index (χ3n) is 3.44. The third-order valence-corrected chi connectivity index (χ3v) is 3.44. The zero-order valence-corrected chi connectivity index (χ0v) is 7.59. The molecule has 5 nitrogen and oxygen atoms in total. The van der Waals surface area contributed by atoms with E-state index >= 15 is 0 Å². The van der Waals surface area contributed by atoms with Gasteiger partial charge in [-0.3, -0.25) is 0 Å². The molecule has 0 aromatic heterocycles. The van der Waals surface area contributed by atoms with Crippen molar-refractivity contribution in [3.05, 3.63) is 0 Å². The van der Waals surface area contributed by atoms with Crippen molar-refractivity contribution in [1.29, 1.82) is 0 Å². The number of ether oxygens (including phenoxy) is 3. The van der Waals surface area contributed by atoms with Gasteiger partial charge in [0.15, 0.2) is 6.29 Å². The Hall–Kier alpha value is -0.810. The summed E-state index contributed by atoms with van der Waals surface area (Å²) in [5.74, 6) is 0.886. The molecule has 5 heteroatoms. The lowest BCUT2D eigenvalue weighted by Crippen LogP contribution is -2.37. The fraction of sp³-hybridized carbons (Fsp3) is 0.889. The van der Waals surface area contributed by atoms with Crippen molar-refractivity contribution in [3.8, 4) is 0 Å². The Morgan fingerprint density at radius 3 is 3.07 bits per heavy atom. The largest absolute Gasteiger partial charge is 0.506 e. The summed E-state index contributed by atoms with van der Waals surface area (Å²) >= 11 is 0. The second kappa shape index (κ2) is 2.84. The van der Waals surface area contributed by atoms with E-state index in [0.717, 1.165) is 12.8 Å². The fourth-order valence-electron chi connectivity index (χ4n) is 2.81. The van der Waals surface area contributed by atoms with Crippen LogP contribution in [0.5, 0.6) is 0 Å². The van der Waals surface area contributed by atoms with Crippen LogP contribution in [-0.2, 0) is 14.2 Å². The Labute approximate surface area is 80.9 Å². The van der Waals surface area contributed by atoms with Crippen molar-refractivity contribution >= 4 is 6.16 Å². The smallest absolute Gasteiger partial charge is 0.450 e. The maximum atomic E-state index is 10.4. The first-order valence-corrected chi connectivity index (χ1v) is 4.90. The average molecular weight is 200 g/mol. The van der Waals surface area contributed by atoms with E-state index in [0.29, 0.717) is 18.4 Å². The van der Waals surface area contributed by atoms with Crippen LogP contribution in [-0.4, -0.2) is 36.4 Å². The topological polar surface area (TPSA) is 65.0 Å². The number of carboxylic acid groups (broad SMARTS) is 1. The first-order valence-electron chi connectivity index (χ1n) is 4.90. The van der Waals surface area contributed by atoms with E-state index in [9.17, 15) is 4.79 Å². The molecule has 0 aromatic rings. The number of carbonyl (C=O) groups is 1. The summed E-state index contributed by atoms with van der Waals surface area (Å²) in [6.07, 6.45) is -0.0563. The van der Waals surface area contributed by atoms with Crippen LogP contribution in [0.25, 0.3) is 0 Å². The van der Waals surface area contributed by atoms with Crippen molar-refractivity contribution in [2.45, 2.75) is 31.3 Å². The Kier molecular flexibility index (Phi) is 1.72. The minimum Gasteiger partial charge on any atom is -0.450 e. The van der Waals surface area contributed by atoms with E-state index in [1.54, 1.807) is 0 Å². The number of hydrogen-bond acceptors (Lipinski definition) is 4. The number of hydrogen-bond donors (Lipinski definition) is 1. The van der Waals surface area contributed by atoms with Gasteiger partial charge in [-0.2, -0.15) is 0 Å². The van der Waals surface area contributed by atoms with Crippen LogP contribution >= 0.6 is 0 Å². The molecule has 1 aliphatic carbocycles. The summed E-state index contributed by atoms with van der Waals surface area (Å²) in [4.78, 5) is 10.4. The van der Waals surface area contributed by atoms with Crippen molar-refractivity contribution < 1.29 is 24.1 Å². The molecule has 5 atom stereocenters. The number of fused-ring (bicyclic) bond motifs is 1. The van der Waals surface area contributed by atoms with Crippen molar-refractivity contribution in [3.63, 3.8) is 0 Å². The van der Waals surface area contributed by atoms with Crippen LogP contribution in [0.15, 0.2) is 0 Å². The predicted molar refractivity (Wildman–Crippen MR) is 43.7 cm³/mol. The Balaban J connectivity index is 1.75. The zero-order chi connectivity index (χ0) is 9.71. The van der Waals surface area contributed by atoms with Crippen LogP contribution < -0.4 is 0 Å². The molecular weight excluding hydrogens is 188 g/mol. The molecule has 1 N–H and O–H groups in total. The normalized spacial score (nSPS) is 49.3. The molecular formula is C9H12O5. The number of rotatable bonds is 1. The molecule has 3 fully saturated rings. The molecule has 78 valence electrons. The van der Waals surface area contributed by atoms with Crippen LogP contribution in [0.4, 0.5) is 4.79 Å². The van der Waals surface area contributed by atoms with E-state index in [1.165, 1.54) is 0 Å². The minimum absolute atomic E-state index is 0.0855. The van der Waals surface area contributed by atoms with Gasteiger partial charge in [0.2, 0.25) is 0 Å². The molecule has 0 spiro atoms. The van der Waals surface area contributed by atoms with Gasteiger partial charge in [0.05, 0.1) is 12.7 Å². The van der Waals surface area contributed by atoms with Gasteiger partial charge in [0.25, 0.3) is 0 Å². The summed E-state index contributed by atoms with van der Waals surface area (Å²) < 4.78 is 15.8. The maximum Gasteiger partial charge on any atom is 0.506 e. The molecule has 2 aliphatic heterocycles. The molecule has 2 heterocycles. The molecule has 14 heavy (non-hydrogen) atoms. The molecule has 2 bridgehead atoms. The Morgan fingerprint density at radius 2 is 2.29 bits per heavy atom. The van der Waals surface area contributed by atoms with E-state index in [4.69, 9.17) is 19.3 Å². The van der Waals surface area contributed by atoms with Crippen molar-refractivity contribution in [2.75, 3.05) is 6.61 Å². The molecule has 0 amide bonds. The first kappa shape index (κ1) is 8.49. The molecule has 2 unspecified atom stereocenters. The highest BCUT2D eigenvalue weighted by atomic mass is 16.7. The highest BCUT2D eigenvalue weighted by molar-refractivity contribution is 5.57. The second-order valence-corrected chi connectivity index (χ2v) is 4.19. The summed E-state index contributed by atoms with van der Waals surface area (Å²) in [6.45, 7) is 0.682. The van der Waals surface area contributed by atoms with Gasteiger partial charge in [-0.25, -0.2) is 4.79 Å². The summed E-state index contributed by atoms with van der Waals surface area (Å²) in [7, 11) is 0. The first-order chi connectivity index (χ1) is 6.74. The standard InChI is InChI=1S/C9H12O5/c10-9(11)14-6-1-4-3-12-8-5(4)2-7(6)13-8/h4-8H,1-3H2,(H,10,11)/t4-,5-,6?,7?,8-/m1/s1. The summed E-state index contributed by atoms with van der Waals surface area (Å²) in [6, 6.07) is 0. The monoisotopic (exact) mass is 200 g/mol. The van der Waals surface area contributed by atoms with Gasteiger partial charge in [0.1, 0.15) is 6.10 Å². The highest BCUT2D eigenvalue weighted by Crippen LogP contribution is 2.47. The van der Waals surface area contributed by atoms with Crippen LogP contribution in [0, 0.1) is 11.8 Å². The van der Waals surface area contributed by atoms with Crippen LogP contribution in [0.3, 0.4) is 0 Å². The van der Waals surface area contributed by atoms with Gasteiger partial charge in [0, 0.05) is 5.92 Å². The van der Waals surface area contributed by atoms with E-state index < -0.39 is 6.16 Å². The molecule has 0 radical (unpaired) electrons. The Morgan fingerprint density at radius 1 is 1.43 bits per heavy atom. The maximum absolute atomic E-state index is 10.4. The fourth-order valence-corrected chi connectivity index (χ4v) is 2.81. The minimum atomic E-state index is -1.21. The third kappa shape index (κ3) is 1.12.